The molecule has 4 rings (SSSR count). The zero-order valence-corrected chi connectivity index (χ0v) is 24.8. The minimum absolute atomic E-state index is 0.00466. The van der Waals surface area contributed by atoms with Crippen molar-refractivity contribution in [1.82, 2.24) is 30.0 Å². The standard InChI is InChI=1S/C23H30N8O7S3/c1-3-5-6-30-18(35)16(33)27-28-22(30)41-11-23(20(36)37)9-31-17(34)14(19(31)40-10-23)26-15(32)13(29-38-7-4-2)12-8-39-21(24)25-12/h8,14,19H,3-7,9-11H2,1-2H3,(H2,24,25)(H,26,32)(H,27,33)(H,36,37)/t14?,19-,23?/m1/s1. The molecule has 0 aromatic carbocycles. The number of anilines is 1. The molecule has 18 heteroatoms. The number of nitrogen functional groups attached to an aromatic ring is 1. The maximum Gasteiger partial charge on any atom is 0.316 e. The van der Waals surface area contributed by atoms with Crippen molar-refractivity contribution in [2.75, 3.05) is 30.4 Å². The van der Waals surface area contributed by atoms with Crippen molar-refractivity contribution in [2.24, 2.45) is 10.6 Å². The summed E-state index contributed by atoms with van der Waals surface area (Å²) in [5.41, 5.74) is 3.77. The van der Waals surface area contributed by atoms with E-state index in [4.69, 9.17) is 10.6 Å². The number of rotatable bonds is 13. The number of nitrogens with zero attached hydrogens (tertiary/aromatic N) is 6. The number of aromatic nitrogens is 4. The van der Waals surface area contributed by atoms with Crippen LogP contribution in [0.15, 0.2) is 20.5 Å². The summed E-state index contributed by atoms with van der Waals surface area (Å²) in [4.78, 5) is 61.8. The van der Waals surface area contributed by atoms with E-state index in [2.05, 4.69) is 25.7 Å². The van der Waals surface area contributed by atoms with Gasteiger partial charge in [-0.1, -0.05) is 37.2 Å². The molecule has 4 heterocycles. The van der Waals surface area contributed by atoms with Crippen LogP contribution in [-0.2, 0) is 25.8 Å². The maximum atomic E-state index is 13.1. The number of hydrogen-bond donors (Lipinski definition) is 4. The molecule has 2 unspecified atom stereocenters. The number of amides is 2. The van der Waals surface area contributed by atoms with Crippen LogP contribution in [0.5, 0.6) is 5.88 Å². The lowest BCUT2D eigenvalue weighted by atomic mass is 9.89. The number of oxime groups is 1. The van der Waals surface area contributed by atoms with E-state index in [-0.39, 0.29) is 46.4 Å². The number of aromatic hydroxyl groups is 1. The summed E-state index contributed by atoms with van der Waals surface area (Å²) in [6.45, 7) is 4.32. The van der Waals surface area contributed by atoms with Crippen LogP contribution in [0.25, 0.3) is 0 Å². The molecular formula is C23H30N8O7S3. The summed E-state index contributed by atoms with van der Waals surface area (Å²) in [7, 11) is 0. The van der Waals surface area contributed by atoms with E-state index in [9.17, 15) is 29.4 Å². The lowest BCUT2D eigenvalue weighted by Crippen LogP contribution is -2.74. The molecule has 0 aliphatic carbocycles. The van der Waals surface area contributed by atoms with Gasteiger partial charge in [0.1, 0.15) is 29.1 Å². The predicted octanol–water partition coefficient (Wildman–Crippen LogP) is 0.577. The zero-order valence-electron chi connectivity index (χ0n) is 22.3. The Morgan fingerprint density at radius 3 is 2.76 bits per heavy atom. The summed E-state index contributed by atoms with van der Waals surface area (Å²) >= 11 is 3.41. The van der Waals surface area contributed by atoms with E-state index in [1.54, 1.807) is 5.38 Å². The number of hydrogen-bond acceptors (Lipinski definition) is 14. The molecule has 222 valence electrons. The topological polar surface area (TPSA) is 215 Å². The van der Waals surface area contributed by atoms with E-state index >= 15 is 0 Å². The first kappa shape index (κ1) is 30.6. The number of carboxylic acids is 1. The van der Waals surface area contributed by atoms with E-state index in [1.165, 1.54) is 21.2 Å². The first-order valence-electron chi connectivity index (χ1n) is 12.8. The minimum Gasteiger partial charge on any atom is -0.488 e. The number of carbonyl (C=O) groups is 3. The third-order valence-corrected chi connectivity index (χ3v) is 9.94. The summed E-state index contributed by atoms with van der Waals surface area (Å²) in [5.74, 6) is -2.77. The van der Waals surface area contributed by atoms with Crippen LogP contribution in [-0.4, -0.2) is 94.4 Å². The summed E-state index contributed by atoms with van der Waals surface area (Å²) < 4.78 is 1.28. The Morgan fingerprint density at radius 1 is 1.32 bits per heavy atom. The quantitative estimate of drug-likeness (QED) is 0.0788. The summed E-state index contributed by atoms with van der Waals surface area (Å²) in [6, 6.07) is -0.888. The average molecular weight is 627 g/mol. The fourth-order valence-electron chi connectivity index (χ4n) is 4.14. The molecular weight excluding hydrogens is 597 g/mol. The number of β-lactam (4-membered cyclic amide) rings is 1. The van der Waals surface area contributed by atoms with Crippen molar-refractivity contribution < 1.29 is 29.4 Å². The van der Waals surface area contributed by atoms with Crippen molar-refractivity contribution >= 4 is 63.5 Å². The Labute approximate surface area is 246 Å². The molecule has 0 saturated carbocycles. The van der Waals surface area contributed by atoms with E-state index in [1.807, 2.05) is 13.8 Å². The average Bonchev–Trinajstić information content (AvgIpc) is 3.39. The number of nitrogens with two attached hydrogens (primary N) is 1. The van der Waals surface area contributed by atoms with Gasteiger partial charge in [0.2, 0.25) is 5.91 Å². The largest absolute Gasteiger partial charge is 0.488 e. The number of carboxylic acid groups (broad SMARTS) is 1. The van der Waals surface area contributed by atoms with Crippen LogP contribution in [0.3, 0.4) is 0 Å². The molecule has 0 bridgehead atoms. The fourth-order valence-corrected chi connectivity index (χ4v) is 7.51. The van der Waals surface area contributed by atoms with Crippen molar-refractivity contribution in [2.45, 2.75) is 56.2 Å². The van der Waals surface area contributed by atoms with Crippen LogP contribution in [0, 0.1) is 5.41 Å². The Bertz CT molecular complexity index is 1400. The van der Waals surface area contributed by atoms with Gasteiger partial charge < -0.3 is 31.0 Å². The number of thiazole rings is 1. The van der Waals surface area contributed by atoms with Gasteiger partial charge in [-0.3, -0.25) is 23.7 Å². The van der Waals surface area contributed by atoms with Crippen LogP contribution < -0.4 is 16.6 Å². The number of aliphatic carboxylic acids is 1. The third kappa shape index (κ3) is 6.43. The normalized spacial score (nSPS) is 22.1. The van der Waals surface area contributed by atoms with Crippen molar-refractivity contribution in [3.63, 3.8) is 0 Å². The minimum atomic E-state index is -1.35. The van der Waals surface area contributed by atoms with Crippen molar-refractivity contribution in [3.8, 4) is 5.88 Å². The van der Waals surface area contributed by atoms with Crippen LogP contribution in [0.2, 0.25) is 0 Å². The van der Waals surface area contributed by atoms with Gasteiger partial charge in [0.05, 0.1) is 0 Å². The highest BCUT2D eigenvalue weighted by Crippen LogP contribution is 2.44. The van der Waals surface area contributed by atoms with Gasteiger partial charge in [0, 0.05) is 30.0 Å². The molecule has 2 aromatic rings. The van der Waals surface area contributed by atoms with Gasteiger partial charge >= 0.3 is 11.5 Å². The summed E-state index contributed by atoms with van der Waals surface area (Å²) in [5, 5.41) is 35.4. The number of thioether (sulfide) groups is 2. The lowest BCUT2D eigenvalue weighted by Gasteiger charge is -2.53. The first-order valence-corrected chi connectivity index (χ1v) is 15.7. The molecule has 5 N–H and O–H groups in total. The highest BCUT2D eigenvalue weighted by Gasteiger charge is 2.57. The van der Waals surface area contributed by atoms with E-state index < -0.39 is 46.1 Å². The maximum absolute atomic E-state index is 13.1. The fraction of sp³-hybridized carbons (Fsp3) is 0.565. The Hall–Kier alpha value is -3.38. The molecule has 2 aromatic heterocycles. The van der Waals surface area contributed by atoms with Crippen LogP contribution in [0.4, 0.5) is 5.13 Å². The Balaban J connectivity index is 1.45. The monoisotopic (exact) mass is 626 g/mol. The molecule has 0 radical (unpaired) electrons. The number of unbranched alkanes of at least 4 members (excludes halogenated alkanes) is 1. The van der Waals surface area contributed by atoms with Crippen molar-refractivity contribution in [3.05, 3.63) is 21.4 Å². The number of nitrogens with one attached hydrogen (secondary N) is 1. The second-order valence-corrected chi connectivity index (χ2v) is 12.4. The molecule has 2 aliphatic rings. The van der Waals surface area contributed by atoms with Crippen LogP contribution in [0.1, 0.15) is 38.8 Å². The van der Waals surface area contributed by atoms with Gasteiger partial charge in [0.25, 0.3) is 11.8 Å². The Morgan fingerprint density at radius 2 is 2.10 bits per heavy atom. The molecule has 2 amide bonds. The van der Waals surface area contributed by atoms with Gasteiger partial charge in [-0.2, -0.15) is 0 Å². The summed E-state index contributed by atoms with van der Waals surface area (Å²) in [6.07, 6.45) is 2.12. The smallest absolute Gasteiger partial charge is 0.316 e. The van der Waals surface area contributed by atoms with E-state index in [0.29, 0.717) is 19.4 Å². The molecule has 2 aliphatic heterocycles. The molecule has 15 nitrogen and oxygen atoms in total. The Kier molecular flexibility index (Phi) is 9.75. The first-order chi connectivity index (χ1) is 19.6. The van der Waals surface area contributed by atoms with Gasteiger partial charge in [-0.25, -0.2) is 4.98 Å². The molecule has 3 atom stereocenters. The number of carbonyl (C=O) groups excluding carboxylic acids is 2. The van der Waals surface area contributed by atoms with Gasteiger partial charge in [-0.15, -0.1) is 33.3 Å². The highest BCUT2D eigenvalue weighted by molar-refractivity contribution is 8.00. The third-order valence-electron chi connectivity index (χ3n) is 6.43. The SMILES string of the molecule is CCCCn1c(SCC2(C(=O)O)CS[C@@H]3C(NC(=O)C(=NOCCC)c4csc(N)n4)C(=O)N3C2)nnc(O)c1=O. The predicted molar refractivity (Wildman–Crippen MR) is 153 cm³/mol. The molecule has 0 spiro atoms. The molecule has 41 heavy (non-hydrogen) atoms. The highest BCUT2D eigenvalue weighted by atomic mass is 32.2. The van der Waals surface area contributed by atoms with Gasteiger partial charge in [-0.05, 0) is 12.8 Å². The second kappa shape index (κ2) is 13.1. The van der Waals surface area contributed by atoms with Crippen LogP contribution >= 0.6 is 34.9 Å². The zero-order chi connectivity index (χ0) is 29.7. The van der Waals surface area contributed by atoms with E-state index in [0.717, 1.165) is 29.5 Å². The van der Waals surface area contributed by atoms with Gasteiger partial charge in [0.15, 0.2) is 16.0 Å². The lowest BCUT2D eigenvalue weighted by molar-refractivity contribution is -0.157. The van der Waals surface area contributed by atoms with Crippen molar-refractivity contribution in [1.29, 1.82) is 0 Å². The number of fused-ring (bicyclic) bond motifs is 1. The molecule has 2 fully saturated rings. The molecule has 2 saturated heterocycles. The second-order valence-electron chi connectivity index (χ2n) is 9.45.